The summed E-state index contributed by atoms with van der Waals surface area (Å²) in [5.41, 5.74) is 0.192. The van der Waals surface area contributed by atoms with E-state index in [2.05, 4.69) is 4.90 Å². The van der Waals surface area contributed by atoms with Crippen molar-refractivity contribution in [3.8, 4) is 0 Å². The molecule has 1 atom stereocenters. The number of rotatable bonds is 4. The average Bonchev–Trinajstić information content (AvgIpc) is 2.76. The molecule has 1 fully saturated rings. The molecule has 0 unspecified atom stereocenters. The van der Waals surface area contributed by atoms with E-state index in [0.29, 0.717) is 12.1 Å². The maximum atomic E-state index is 13.4. The minimum absolute atomic E-state index is 0.0927. The molecule has 18 heavy (non-hydrogen) atoms. The van der Waals surface area contributed by atoms with Crippen molar-refractivity contribution in [3.05, 3.63) is 39.7 Å². The number of hydrogen-bond donors (Lipinski definition) is 1. The fourth-order valence-electron chi connectivity index (χ4n) is 2.34. The summed E-state index contributed by atoms with van der Waals surface area (Å²) in [5, 5.41) is 19.7. The summed E-state index contributed by atoms with van der Waals surface area (Å²) in [6.45, 7) is 1.47. The van der Waals surface area contributed by atoms with Gasteiger partial charge < -0.3 is 5.11 Å². The lowest BCUT2D eigenvalue weighted by Crippen LogP contribution is -2.31. The summed E-state index contributed by atoms with van der Waals surface area (Å²) in [5.74, 6) is -0.808. The number of hydrogen-bond acceptors (Lipinski definition) is 4. The van der Waals surface area contributed by atoms with E-state index in [-0.39, 0.29) is 12.6 Å². The van der Waals surface area contributed by atoms with Gasteiger partial charge in [0.2, 0.25) is 5.82 Å². The molecule has 0 aromatic heterocycles. The number of nitro groups is 1. The highest BCUT2D eigenvalue weighted by Gasteiger charge is 2.24. The van der Waals surface area contributed by atoms with E-state index in [0.717, 1.165) is 19.4 Å². The van der Waals surface area contributed by atoms with Crippen molar-refractivity contribution in [3.63, 3.8) is 0 Å². The number of benzene rings is 1. The van der Waals surface area contributed by atoms with Crippen LogP contribution >= 0.6 is 0 Å². The first kappa shape index (κ1) is 12.9. The number of likely N-dealkylation sites (tertiary alicyclic amines) is 1. The van der Waals surface area contributed by atoms with Crippen LogP contribution in [0.3, 0.4) is 0 Å². The molecule has 1 N–H and O–H groups in total. The molecule has 1 aliphatic heterocycles. The number of aliphatic hydroxyl groups is 1. The van der Waals surface area contributed by atoms with E-state index in [1.807, 2.05) is 0 Å². The third kappa shape index (κ3) is 2.65. The molecule has 98 valence electrons. The molecule has 1 aliphatic rings. The van der Waals surface area contributed by atoms with Crippen LogP contribution in [0.25, 0.3) is 0 Å². The number of nitro benzene ring substituents is 1. The third-order valence-electron chi connectivity index (χ3n) is 3.30. The summed E-state index contributed by atoms with van der Waals surface area (Å²) >= 11 is 0. The molecule has 1 aromatic carbocycles. The highest BCUT2D eigenvalue weighted by atomic mass is 19.1. The number of nitrogens with zero attached hydrogens (tertiary/aromatic N) is 2. The quantitative estimate of drug-likeness (QED) is 0.656. The van der Waals surface area contributed by atoms with Gasteiger partial charge in [0.15, 0.2) is 0 Å². The molecular weight excluding hydrogens is 239 g/mol. The summed E-state index contributed by atoms with van der Waals surface area (Å²) in [7, 11) is 0. The zero-order chi connectivity index (χ0) is 13.1. The molecule has 0 bridgehead atoms. The maximum Gasteiger partial charge on any atom is 0.304 e. The van der Waals surface area contributed by atoms with Gasteiger partial charge in [-0.1, -0.05) is 6.07 Å². The first-order valence-corrected chi connectivity index (χ1v) is 5.89. The zero-order valence-corrected chi connectivity index (χ0v) is 9.88. The molecule has 0 spiro atoms. The van der Waals surface area contributed by atoms with Crippen LogP contribution in [0.1, 0.15) is 18.4 Å². The number of aliphatic hydroxyl groups excluding tert-OH is 1. The second-order valence-electron chi connectivity index (χ2n) is 4.49. The Morgan fingerprint density at radius 1 is 1.56 bits per heavy atom. The normalized spacial score (nSPS) is 20.2. The smallest absolute Gasteiger partial charge is 0.304 e. The Balaban J connectivity index is 2.10. The van der Waals surface area contributed by atoms with Crippen LogP contribution in [0.15, 0.2) is 18.2 Å². The van der Waals surface area contributed by atoms with E-state index >= 15 is 0 Å². The Morgan fingerprint density at radius 2 is 2.33 bits per heavy atom. The van der Waals surface area contributed by atoms with Gasteiger partial charge in [0, 0.05) is 18.7 Å². The molecule has 0 radical (unpaired) electrons. The van der Waals surface area contributed by atoms with E-state index in [9.17, 15) is 19.6 Å². The van der Waals surface area contributed by atoms with Gasteiger partial charge in [0.25, 0.3) is 0 Å². The first-order chi connectivity index (χ1) is 8.61. The molecule has 1 aromatic rings. The van der Waals surface area contributed by atoms with Crippen LogP contribution in [0, 0.1) is 15.9 Å². The maximum absolute atomic E-state index is 13.4. The summed E-state index contributed by atoms with van der Waals surface area (Å²) in [4.78, 5) is 11.8. The van der Waals surface area contributed by atoms with E-state index in [1.165, 1.54) is 12.1 Å². The van der Waals surface area contributed by atoms with Crippen molar-refractivity contribution in [1.29, 1.82) is 0 Å². The van der Waals surface area contributed by atoms with Gasteiger partial charge in [0.1, 0.15) is 0 Å². The summed E-state index contributed by atoms with van der Waals surface area (Å²) < 4.78 is 13.4. The van der Waals surface area contributed by atoms with Crippen LogP contribution in [-0.4, -0.2) is 34.1 Å². The lowest BCUT2D eigenvalue weighted by Gasteiger charge is -2.22. The number of halogens is 1. The van der Waals surface area contributed by atoms with Crippen LogP contribution in [-0.2, 0) is 6.54 Å². The van der Waals surface area contributed by atoms with Gasteiger partial charge in [-0.05, 0) is 31.0 Å². The Kier molecular flexibility index (Phi) is 3.88. The van der Waals surface area contributed by atoms with E-state index in [1.54, 1.807) is 6.07 Å². The van der Waals surface area contributed by atoms with Crippen molar-refractivity contribution < 1.29 is 14.4 Å². The Bertz CT molecular complexity index is 453. The molecule has 5 nitrogen and oxygen atoms in total. The highest BCUT2D eigenvalue weighted by Crippen LogP contribution is 2.22. The van der Waals surface area contributed by atoms with Gasteiger partial charge in [-0.15, -0.1) is 0 Å². The van der Waals surface area contributed by atoms with Crippen molar-refractivity contribution in [2.24, 2.45) is 0 Å². The fourth-order valence-corrected chi connectivity index (χ4v) is 2.34. The Labute approximate surface area is 104 Å². The van der Waals surface area contributed by atoms with Crippen LogP contribution in [0.2, 0.25) is 0 Å². The van der Waals surface area contributed by atoms with Gasteiger partial charge in [-0.25, -0.2) is 0 Å². The third-order valence-corrected chi connectivity index (χ3v) is 3.30. The molecule has 2 rings (SSSR count). The molecule has 0 aliphatic carbocycles. The predicted octanol–water partition coefficient (Wildman–Crippen LogP) is 1.69. The van der Waals surface area contributed by atoms with E-state index in [4.69, 9.17) is 0 Å². The molecule has 1 saturated heterocycles. The standard InChI is InChI=1S/C12H15FN2O3/c13-11-6-9(3-4-12(11)15(17)18)7-14-5-1-2-10(14)8-16/h3-4,6,10,16H,1-2,5,7-8H2/t10-/m1/s1. The second-order valence-corrected chi connectivity index (χ2v) is 4.49. The minimum atomic E-state index is -0.808. The average molecular weight is 254 g/mol. The molecular formula is C12H15FN2O3. The first-order valence-electron chi connectivity index (χ1n) is 5.89. The van der Waals surface area contributed by atoms with E-state index < -0.39 is 16.4 Å². The monoisotopic (exact) mass is 254 g/mol. The molecule has 0 saturated carbocycles. The van der Waals surface area contributed by atoms with Crippen LogP contribution in [0.4, 0.5) is 10.1 Å². The Hall–Kier alpha value is -1.53. The lowest BCUT2D eigenvalue weighted by molar-refractivity contribution is -0.387. The minimum Gasteiger partial charge on any atom is -0.395 e. The molecule has 1 heterocycles. The van der Waals surface area contributed by atoms with Crippen molar-refractivity contribution in [1.82, 2.24) is 4.90 Å². The predicted molar refractivity (Wildman–Crippen MR) is 63.6 cm³/mol. The summed E-state index contributed by atoms with van der Waals surface area (Å²) in [6.07, 6.45) is 1.95. The van der Waals surface area contributed by atoms with Gasteiger partial charge in [0.05, 0.1) is 11.5 Å². The molecule has 0 amide bonds. The Morgan fingerprint density at radius 3 is 2.94 bits per heavy atom. The topological polar surface area (TPSA) is 66.6 Å². The zero-order valence-electron chi connectivity index (χ0n) is 9.88. The van der Waals surface area contributed by atoms with Gasteiger partial charge in [-0.3, -0.25) is 15.0 Å². The van der Waals surface area contributed by atoms with Crippen molar-refractivity contribution in [2.45, 2.75) is 25.4 Å². The largest absolute Gasteiger partial charge is 0.395 e. The van der Waals surface area contributed by atoms with Crippen LogP contribution in [0.5, 0.6) is 0 Å². The summed E-state index contributed by atoms with van der Waals surface area (Å²) in [6, 6.07) is 4.07. The SMILES string of the molecule is O=[N+]([O-])c1ccc(CN2CCC[C@@H]2CO)cc1F. The van der Waals surface area contributed by atoms with Crippen molar-refractivity contribution >= 4 is 5.69 Å². The van der Waals surface area contributed by atoms with Gasteiger partial charge >= 0.3 is 5.69 Å². The second kappa shape index (κ2) is 5.41. The van der Waals surface area contributed by atoms with Gasteiger partial charge in [-0.2, -0.15) is 4.39 Å². The fraction of sp³-hybridized carbons (Fsp3) is 0.500. The lowest BCUT2D eigenvalue weighted by atomic mass is 10.1. The highest BCUT2D eigenvalue weighted by molar-refractivity contribution is 5.35. The van der Waals surface area contributed by atoms with Crippen molar-refractivity contribution in [2.75, 3.05) is 13.2 Å². The molecule has 6 heteroatoms. The van der Waals surface area contributed by atoms with Crippen LogP contribution < -0.4 is 0 Å².